The average Bonchev–Trinajstić information content (AvgIpc) is 2.77. The van der Waals surface area contributed by atoms with Gasteiger partial charge in [-0.05, 0) is 19.1 Å². The van der Waals surface area contributed by atoms with Crippen LogP contribution in [0.3, 0.4) is 0 Å². The summed E-state index contributed by atoms with van der Waals surface area (Å²) in [4.78, 5) is 11.7. The summed E-state index contributed by atoms with van der Waals surface area (Å²) in [6.07, 6.45) is 0. The van der Waals surface area contributed by atoms with Crippen LogP contribution in [0.1, 0.15) is 16.2 Å². The maximum Gasteiger partial charge on any atom is 0.366 e. The highest BCUT2D eigenvalue weighted by Crippen LogP contribution is 2.26. The first-order valence-electron chi connectivity index (χ1n) is 4.99. The summed E-state index contributed by atoms with van der Waals surface area (Å²) in [5.74, 6) is 0.810. The quantitative estimate of drug-likeness (QED) is 0.600. The molecule has 2 rings (SSSR count). The second-order valence-electron chi connectivity index (χ2n) is 3.36. The van der Waals surface area contributed by atoms with Crippen molar-refractivity contribution in [3.05, 3.63) is 41.8 Å². The van der Waals surface area contributed by atoms with Gasteiger partial charge >= 0.3 is 5.97 Å². The molecule has 1 aromatic carbocycles. The summed E-state index contributed by atoms with van der Waals surface area (Å²) < 4.78 is 15.0. The molecule has 17 heavy (non-hydrogen) atoms. The summed E-state index contributed by atoms with van der Waals surface area (Å²) >= 11 is 0. The van der Waals surface area contributed by atoms with Crippen molar-refractivity contribution < 1.29 is 18.8 Å². The fourth-order valence-electron chi connectivity index (χ4n) is 1.32. The normalized spacial score (nSPS) is 10.0. The van der Waals surface area contributed by atoms with Gasteiger partial charge in [0, 0.05) is 6.07 Å². The number of ether oxygens (including phenoxy) is 2. The van der Waals surface area contributed by atoms with Gasteiger partial charge in [0.15, 0.2) is 17.2 Å². The van der Waals surface area contributed by atoms with Crippen LogP contribution >= 0.6 is 0 Å². The van der Waals surface area contributed by atoms with E-state index in [9.17, 15) is 4.79 Å². The summed E-state index contributed by atoms with van der Waals surface area (Å²) in [6, 6.07) is 8.40. The summed E-state index contributed by atoms with van der Waals surface area (Å²) in [5, 5.41) is 3.58. The Hall–Kier alpha value is -2.30. The predicted molar refractivity (Wildman–Crippen MR) is 59.2 cm³/mol. The molecule has 0 aliphatic carbocycles. The number of carbonyl (C=O) groups is 1. The van der Waals surface area contributed by atoms with Crippen LogP contribution in [-0.2, 0) is 0 Å². The number of aryl methyl sites for hydroxylation is 1. The van der Waals surface area contributed by atoms with Gasteiger partial charge in [0.05, 0.1) is 7.11 Å². The zero-order chi connectivity index (χ0) is 12.3. The summed E-state index contributed by atoms with van der Waals surface area (Å²) in [6.45, 7) is 1.70. The van der Waals surface area contributed by atoms with Crippen LogP contribution < -0.4 is 9.47 Å². The standard InChI is InChI=1S/C12H11NO4/c1-8-7-9(13-17-8)12(14)16-11-6-4-3-5-10(11)15-2/h3-7H,1-2H3. The summed E-state index contributed by atoms with van der Waals surface area (Å²) in [7, 11) is 1.51. The van der Waals surface area contributed by atoms with Crippen LogP contribution in [0.15, 0.2) is 34.9 Å². The Morgan fingerprint density at radius 1 is 1.29 bits per heavy atom. The summed E-state index contributed by atoms with van der Waals surface area (Å²) in [5.41, 5.74) is 0.133. The third-order valence-electron chi connectivity index (χ3n) is 2.11. The van der Waals surface area contributed by atoms with E-state index in [1.54, 1.807) is 31.2 Å². The third-order valence-corrected chi connectivity index (χ3v) is 2.11. The second-order valence-corrected chi connectivity index (χ2v) is 3.36. The molecule has 0 bridgehead atoms. The molecule has 0 aliphatic rings. The molecule has 5 nitrogen and oxygen atoms in total. The maximum absolute atomic E-state index is 11.7. The van der Waals surface area contributed by atoms with Gasteiger partial charge in [-0.1, -0.05) is 17.3 Å². The maximum atomic E-state index is 11.7. The lowest BCUT2D eigenvalue weighted by Crippen LogP contribution is -2.09. The van der Waals surface area contributed by atoms with Gasteiger partial charge in [0.25, 0.3) is 0 Å². The Kier molecular flexibility index (Phi) is 3.09. The molecule has 0 unspecified atom stereocenters. The SMILES string of the molecule is COc1ccccc1OC(=O)c1cc(C)on1. The smallest absolute Gasteiger partial charge is 0.366 e. The van der Waals surface area contributed by atoms with E-state index in [2.05, 4.69) is 5.16 Å². The number of hydrogen-bond acceptors (Lipinski definition) is 5. The molecule has 0 fully saturated rings. The minimum Gasteiger partial charge on any atom is -0.493 e. The number of benzene rings is 1. The molecule has 0 saturated heterocycles. The van der Waals surface area contributed by atoms with Crippen molar-refractivity contribution in [2.75, 3.05) is 7.11 Å². The molecule has 88 valence electrons. The Labute approximate surface area is 97.9 Å². The first kappa shape index (κ1) is 11.2. The van der Waals surface area contributed by atoms with Crippen LogP contribution in [0, 0.1) is 6.92 Å². The second kappa shape index (κ2) is 4.69. The predicted octanol–water partition coefficient (Wildman–Crippen LogP) is 2.21. The highest BCUT2D eigenvalue weighted by molar-refractivity contribution is 5.89. The van der Waals surface area contributed by atoms with E-state index in [0.29, 0.717) is 17.3 Å². The number of esters is 1. The molecule has 0 spiro atoms. The number of rotatable bonds is 3. The largest absolute Gasteiger partial charge is 0.493 e. The van der Waals surface area contributed by atoms with E-state index in [1.807, 2.05) is 0 Å². The number of nitrogens with zero attached hydrogens (tertiary/aromatic N) is 1. The number of para-hydroxylation sites is 2. The lowest BCUT2D eigenvalue weighted by molar-refractivity contribution is 0.0719. The molecule has 0 N–H and O–H groups in total. The number of hydrogen-bond donors (Lipinski definition) is 0. The Balaban J connectivity index is 2.18. The fourth-order valence-corrected chi connectivity index (χ4v) is 1.32. The lowest BCUT2D eigenvalue weighted by atomic mass is 10.3. The Morgan fingerprint density at radius 2 is 2.00 bits per heavy atom. The van der Waals surface area contributed by atoms with Crippen molar-refractivity contribution in [3.63, 3.8) is 0 Å². The highest BCUT2D eigenvalue weighted by atomic mass is 16.6. The molecule has 2 aromatic rings. The van der Waals surface area contributed by atoms with E-state index >= 15 is 0 Å². The molecule has 0 aliphatic heterocycles. The van der Waals surface area contributed by atoms with Gasteiger partial charge < -0.3 is 14.0 Å². The molecule has 0 amide bonds. The van der Waals surface area contributed by atoms with Crippen molar-refractivity contribution in [2.24, 2.45) is 0 Å². The third kappa shape index (κ3) is 2.44. The van der Waals surface area contributed by atoms with Crippen LogP contribution in [0.5, 0.6) is 11.5 Å². The van der Waals surface area contributed by atoms with E-state index in [4.69, 9.17) is 14.0 Å². The molecule has 1 heterocycles. The van der Waals surface area contributed by atoms with Gasteiger partial charge in [-0.2, -0.15) is 0 Å². The van der Waals surface area contributed by atoms with Crippen LogP contribution in [0.25, 0.3) is 0 Å². The molecular formula is C12H11NO4. The number of methoxy groups -OCH3 is 1. The number of carbonyl (C=O) groups excluding carboxylic acids is 1. The van der Waals surface area contributed by atoms with Crippen molar-refractivity contribution in [1.29, 1.82) is 0 Å². The van der Waals surface area contributed by atoms with Crippen molar-refractivity contribution in [1.82, 2.24) is 5.16 Å². The minimum absolute atomic E-state index is 0.133. The monoisotopic (exact) mass is 233 g/mol. The lowest BCUT2D eigenvalue weighted by Gasteiger charge is -2.06. The zero-order valence-electron chi connectivity index (χ0n) is 9.47. The van der Waals surface area contributed by atoms with Crippen molar-refractivity contribution >= 4 is 5.97 Å². The first-order valence-corrected chi connectivity index (χ1v) is 4.99. The van der Waals surface area contributed by atoms with Gasteiger partial charge in [-0.3, -0.25) is 0 Å². The molecular weight excluding hydrogens is 222 g/mol. The van der Waals surface area contributed by atoms with E-state index < -0.39 is 5.97 Å². The first-order chi connectivity index (χ1) is 8.20. The van der Waals surface area contributed by atoms with E-state index in [1.165, 1.54) is 13.2 Å². The molecule has 0 saturated carbocycles. The molecule has 0 atom stereocenters. The minimum atomic E-state index is -0.577. The van der Waals surface area contributed by atoms with Gasteiger partial charge in [0.1, 0.15) is 5.76 Å². The van der Waals surface area contributed by atoms with Gasteiger partial charge in [0.2, 0.25) is 0 Å². The van der Waals surface area contributed by atoms with E-state index in [0.717, 1.165) is 0 Å². The number of aromatic nitrogens is 1. The average molecular weight is 233 g/mol. The van der Waals surface area contributed by atoms with Crippen molar-refractivity contribution in [2.45, 2.75) is 6.92 Å². The zero-order valence-corrected chi connectivity index (χ0v) is 9.47. The fraction of sp³-hybridized carbons (Fsp3) is 0.167. The van der Waals surface area contributed by atoms with E-state index in [-0.39, 0.29) is 5.69 Å². The Morgan fingerprint density at radius 3 is 2.59 bits per heavy atom. The molecule has 5 heteroatoms. The topological polar surface area (TPSA) is 61.6 Å². The van der Waals surface area contributed by atoms with Crippen molar-refractivity contribution in [3.8, 4) is 11.5 Å². The highest BCUT2D eigenvalue weighted by Gasteiger charge is 2.15. The Bertz CT molecular complexity index is 533. The van der Waals surface area contributed by atoms with Crippen LogP contribution in [-0.4, -0.2) is 18.2 Å². The molecule has 0 radical (unpaired) electrons. The van der Waals surface area contributed by atoms with Crippen LogP contribution in [0.4, 0.5) is 0 Å². The van der Waals surface area contributed by atoms with Gasteiger partial charge in [-0.25, -0.2) is 4.79 Å². The van der Waals surface area contributed by atoms with Gasteiger partial charge in [-0.15, -0.1) is 0 Å². The molecule has 1 aromatic heterocycles. The van der Waals surface area contributed by atoms with Crippen LogP contribution in [0.2, 0.25) is 0 Å².